The van der Waals surface area contributed by atoms with Gasteiger partial charge >= 0.3 is 0 Å². The third kappa shape index (κ3) is 3.53. The summed E-state index contributed by atoms with van der Waals surface area (Å²) in [5, 5.41) is 6.13. The number of carbonyl (C=O) groups is 2. The molecule has 136 valence electrons. The maximum atomic E-state index is 12.8. The molecule has 2 aromatic carbocycles. The second kappa shape index (κ2) is 7.00. The Balaban J connectivity index is 1.75. The van der Waals surface area contributed by atoms with Gasteiger partial charge in [-0.2, -0.15) is 0 Å². The Morgan fingerprint density at radius 2 is 1.77 bits per heavy atom. The molecule has 0 aliphatic heterocycles. The van der Waals surface area contributed by atoms with Crippen LogP contribution in [0.2, 0.25) is 5.02 Å². The van der Waals surface area contributed by atoms with Crippen molar-refractivity contribution in [1.82, 2.24) is 0 Å². The minimum Gasteiger partial charge on any atom is -0.497 e. The van der Waals surface area contributed by atoms with Gasteiger partial charge in [-0.25, -0.2) is 0 Å². The van der Waals surface area contributed by atoms with Crippen molar-refractivity contribution >= 4 is 34.8 Å². The monoisotopic (exact) mass is 372 g/mol. The highest BCUT2D eigenvalue weighted by Gasteiger charge is 2.56. The molecule has 2 N–H and O–H groups in total. The Labute approximate surface area is 157 Å². The minimum atomic E-state index is -1.05. The Morgan fingerprint density at radius 1 is 1.08 bits per heavy atom. The molecule has 3 rings (SSSR count). The molecule has 0 spiro atoms. The van der Waals surface area contributed by atoms with E-state index in [4.69, 9.17) is 16.3 Å². The smallest absolute Gasteiger partial charge is 0.240 e. The normalized spacial score (nSPS) is 14.5. The molecule has 0 bridgehead atoms. The molecule has 0 unspecified atom stereocenters. The van der Waals surface area contributed by atoms with Gasteiger partial charge in [0.2, 0.25) is 11.8 Å². The van der Waals surface area contributed by atoms with E-state index in [0.29, 0.717) is 35.0 Å². The fraction of sp³-hybridized carbons (Fsp3) is 0.300. The van der Waals surface area contributed by atoms with Gasteiger partial charge in [0, 0.05) is 11.8 Å². The lowest BCUT2D eigenvalue weighted by Crippen LogP contribution is -2.35. The van der Waals surface area contributed by atoms with Gasteiger partial charge in [0.15, 0.2) is 0 Å². The molecule has 0 heterocycles. The SMILES string of the molecule is COc1cccc(NC(=O)C2(C(=O)Nc3c(C)cc(C)cc3Cl)CC2)c1. The van der Waals surface area contributed by atoms with Gasteiger partial charge in [-0.3, -0.25) is 9.59 Å². The number of nitrogens with one attached hydrogen (secondary N) is 2. The van der Waals surface area contributed by atoms with Gasteiger partial charge in [-0.05, 0) is 56.0 Å². The summed E-state index contributed by atoms with van der Waals surface area (Å²) in [6.45, 7) is 3.82. The third-order valence-electron chi connectivity index (χ3n) is 4.62. The number of rotatable bonds is 5. The van der Waals surface area contributed by atoms with Crippen molar-refractivity contribution in [2.45, 2.75) is 26.7 Å². The van der Waals surface area contributed by atoms with Crippen molar-refractivity contribution in [2.75, 3.05) is 17.7 Å². The zero-order valence-corrected chi connectivity index (χ0v) is 15.7. The van der Waals surface area contributed by atoms with E-state index in [1.54, 1.807) is 37.4 Å². The molecule has 1 aliphatic rings. The van der Waals surface area contributed by atoms with E-state index in [2.05, 4.69) is 10.6 Å². The van der Waals surface area contributed by atoms with E-state index in [1.807, 2.05) is 19.9 Å². The fourth-order valence-corrected chi connectivity index (χ4v) is 3.31. The maximum Gasteiger partial charge on any atom is 0.240 e. The standard InChI is InChI=1S/C20H21ClN2O3/c1-12-9-13(2)17(16(21)10-12)23-19(25)20(7-8-20)18(24)22-14-5-4-6-15(11-14)26-3/h4-6,9-11H,7-8H2,1-3H3,(H,22,24)(H,23,25). The van der Waals surface area contributed by atoms with Gasteiger partial charge in [0.1, 0.15) is 11.2 Å². The van der Waals surface area contributed by atoms with Gasteiger partial charge in [0.25, 0.3) is 0 Å². The number of carbonyl (C=O) groups excluding carboxylic acids is 2. The number of amides is 2. The van der Waals surface area contributed by atoms with Crippen LogP contribution < -0.4 is 15.4 Å². The minimum absolute atomic E-state index is 0.316. The second-order valence-corrected chi connectivity index (χ2v) is 7.07. The molecule has 2 amide bonds. The zero-order chi connectivity index (χ0) is 18.9. The number of aryl methyl sites for hydroxylation is 2. The van der Waals surface area contributed by atoms with E-state index < -0.39 is 5.41 Å². The highest BCUT2D eigenvalue weighted by molar-refractivity contribution is 6.34. The molecule has 0 saturated heterocycles. The summed E-state index contributed by atoms with van der Waals surface area (Å²) in [6, 6.07) is 10.8. The number of ether oxygens (including phenoxy) is 1. The molecule has 5 nitrogen and oxygen atoms in total. The molecule has 26 heavy (non-hydrogen) atoms. The van der Waals surface area contributed by atoms with Crippen LogP contribution in [-0.2, 0) is 9.59 Å². The lowest BCUT2D eigenvalue weighted by Gasteiger charge is -2.18. The van der Waals surface area contributed by atoms with E-state index in [9.17, 15) is 9.59 Å². The van der Waals surface area contributed by atoms with Gasteiger partial charge in [-0.1, -0.05) is 23.7 Å². The van der Waals surface area contributed by atoms with Crippen molar-refractivity contribution in [2.24, 2.45) is 5.41 Å². The van der Waals surface area contributed by atoms with Crippen LogP contribution in [0.5, 0.6) is 5.75 Å². The average molecular weight is 373 g/mol. The van der Waals surface area contributed by atoms with Crippen LogP contribution >= 0.6 is 11.6 Å². The first-order valence-electron chi connectivity index (χ1n) is 8.39. The van der Waals surface area contributed by atoms with Gasteiger partial charge in [-0.15, -0.1) is 0 Å². The maximum absolute atomic E-state index is 12.8. The van der Waals surface area contributed by atoms with Crippen molar-refractivity contribution < 1.29 is 14.3 Å². The van der Waals surface area contributed by atoms with Crippen LogP contribution in [0.15, 0.2) is 36.4 Å². The molecule has 1 aliphatic carbocycles. The Morgan fingerprint density at radius 3 is 2.38 bits per heavy atom. The number of methoxy groups -OCH3 is 1. The number of halogens is 1. The quantitative estimate of drug-likeness (QED) is 0.768. The van der Waals surface area contributed by atoms with Crippen LogP contribution in [0, 0.1) is 19.3 Å². The van der Waals surface area contributed by atoms with Gasteiger partial charge < -0.3 is 15.4 Å². The first-order valence-corrected chi connectivity index (χ1v) is 8.77. The van der Waals surface area contributed by atoms with E-state index in [-0.39, 0.29) is 11.8 Å². The molecule has 2 aromatic rings. The average Bonchev–Trinajstić information content (AvgIpc) is 3.40. The zero-order valence-electron chi connectivity index (χ0n) is 15.0. The fourth-order valence-electron chi connectivity index (χ4n) is 2.94. The first kappa shape index (κ1) is 18.3. The predicted octanol–water partition coefficient (Wildman–Crippen LogP) is 4.32. The Hall–Kier alpha value is -2.53. The molecular weight excluding hydrogens is 352 g/mol. The first-order chi connectivity index (χ1) is 12.4. The summed E-state index contributed by atoms with van der Waals surface area (Å²) < 4.78 is 5.15. The Kier molecular flexibility index (Phi) is 4.92. The summed E-state index contributed by atoms with van der Waals surface area (Å²) in [7, 11) is 1.56. The van der Waals surface area contributed by atoms with Gasteiger partial charge in [0.05, 0.1) is 17.8 Å². The molecule has 0 radical (unpaired) electrons. The number of benzene rings is 2. The van der Waals surface area contributed by atoms with Crippen molar-refractivity contribution in [1.29, 1.82) is 0 Å². The molecule has 6 heteroatoms. The molecule has 0 atom stereocenters. The number of hydrogen-bond acceptors (Lipinski definition) is 3. The molecule has 1 fully saturated rings. The van der Waals surface area contributed by atoms with Crippen molar-refractivity contribution in [3.05, 3.63) is 52.5 Å². The van der Waals surface area contributed by atoms with Crippen LogP contribution in [0.1, 0.15) is 24.0 Å². The molecular formula is C20H21ClN2O3. The van der Waals surface area contributed by atoms with Crippen LogP contribution in [0.3, 0.4) is 0 Å². The third-order valence-corrected chi connectivity index (χ3v) is 4.92. The summed E-state index contributed by atoms with van der Waals surface area (Å²) in [5.41, 5.74) is 1.99. The molecule has 0 aromatic heterocycles. The highest BCUT2D eigenvalue weighted by atomic mass is 35.5. The number of anilines is 2. The van der Waals surface area contributed by atoms with E-state index in [0.717, 1.165) is 11.1 Å². The van der Waals surface area contributed by atoms with Crippen LogP contribution in [-0.4, -0.2) is 18.9 Å². The summed E-state index contributed by atoms with van der Waals surface area (Å²) in [6.07, 6.45) is 1.02. The van der Waals surface area contributed by atoms with Crippen LogP contribution in [0.4, 0.5) is 11.4 Å². The number of hydrogen-bond donors (Lipinski definition) is 2. The highest BCUT2D eigenvalue weighted by Crippen LogP contribution is 2.48. The Bertz CT molecular complexity index is 852. The van der Waals surface area contributed by atoms with Crippen molar-refractivity contribution in [3.8, 4) is 5.75 Å². The summed E-state index contributed by atoms with van der Waals surface area (Å²) >= 11 is 6.26. The second-order valence-electron chi connectivity index (χ2n) is 6.66. The molecule has 1 saturated carbocycles. The topological polar surface area (TPSA) is 67.4 Å². The summed E-state index contributed by atoms with van der Waals surface area (Å²) in [4.78, 5) is 25.5. The van der Waals surface area contributed by atoms with E-state index in [1.165, 1.54) is 0 Å². The predicted molar refractivity (Wildman–Crippen MR) is 103 cm³/mol. The van der Waals surface area contributed by atoms with Crippen molar-refractivity contribution in [3.63, 3.8) is 0 Å². The lowest BCUT2D eigenvalue weighted by atomic mass is 10.0. The van der Waals surface area contributed by atoms with E-state index >= 15 is 0 Å². The largest absolute Gasteiger partial charge is 0.497 e. The summed E-state index contributed by atoms with van der Waals surface area (Å²) in [5.74, 6) is -0.00458. The lowest BCUT2D eigenvalue weighted by molar-refractivity contribution is -0.131. The van der Waals surface area contributed by atoms with Crippen LogP contribution in [0.25, 0.3) is 0 Å².